The van der Waals surface area contributed by atoms with Crippen molar-refractivity contribution < 1.29 is 14.4 Å². The number of carbonyl (C=O) groups excluding carboxylic acids is 3. The average molecular weight is 289 g/mol. The molecule has 21 heavy (non-hydrogen) atoms. The molecule has 112 valence electrons. The molecule has 2 rings (SSSR count). The monoisotopic (exact) mass is 289 g/mol. The number of carbonyl (C=O) groups is 3. The summed E-state index contributed by atoms with van der Waals surface area (Å²) >= 11 is 0. The zero-order chi connectivity index (χ0) is 15.8. The highest BCUT2D eigenvalue weighted by Gasteiger charge is 2.33. The van der Waals surface area contributed by atoms with Crippen LogP contribution in [0, 0.1) is 0 Å². The van der Waals surface area contributed by atoms with Crippen LogP contribution in [-0.4, -0.2) is 35.2 Å². The molecule has 0 radical (unpaired) electrons. The van der Waals surface area contributed by atoms with E-state index in [2.05, 4.69) is 5.32 Å². The normalized spacial score (nSPS) is 16.7. The van der Waals surface area contributed by atoms with Gasteiger partial charge in [-0.25, -0.2) is 0 Å². The number of nitrogens with one attached hydrogen (secondary N) is 1. The molecule has 0 aliphatic carbocycles. The Morgan fingerprint density at radius 1 is 1.29 bits per heavy atom. The second-order valence-corrected chi connectivity index (χ2v) is 5.55. The molecule has 6 heteroatoms. The molecule has 0 fully saturated rings. The number of rotatable bonds is 4. The quantitative estimate of drug-likeness (QED) is 0.819. The molecule has 1 unspecified atom stereocenters. The highest BCUT2D eigenvalue weighted by atomic mass is 16.2. The second-order valence-electron chi connectivity index (χ2n) is 5.55. The number of amides is 3. The number of nitrogens with two attached hydrogens (primary N) is 1. The molecule has 1 aromatic carbocycles. The van der Waals surface area contributed by atoms with Crippen LogP contribution >= 0.6 is 0 Å². The minimum absolute atomic E-state index is 0.300. The number of nitrogens with zero attached hydrogens (tertiary/aromatic N) is 1. The zero-order valence-electron chi connectivity index (χ0n) is 12.4. The van der Waals surface area contributed by atoms with Gasteiger partial charge < -0.3 is 11.1 Å². The van der Waals surface area contributed by atoms with Crippen LogP contribution in [-0.2, 0) is 4.79 Å². The smallest absolute Gasteiger partial charge is 0.261 e. The van der Waals surface area contributed by atoms with Crippen molar-refractivity contribution in [1.29, 1.82) is 0 Å². The topological polar surface area (TPSA) is 92.5 Å². The highest BCUT2D eigenvalue weighted by Crippen LogP contribution is 2.25. The summed E-state index contributed by atoms with van der Waals surface area (Å²) in [4.78, 5) is 36.9. The largest absolute Gasteiger partial charge is 0.324 e. The lowest BCUT2D eigenvalue weighted by Gasteiger charge is -2.22. The predicted octanol–water partition coefficient (Wildman–Crippen LogP) is 1.37. The molecule has 1 heterocycles. The average Bonchev–Trinajstić information content (AvgIpc) is 2.64. The van der Waals surface area contributed by atoms with Crippen molar-refractivity contribution >= 4 is 23.4 Å². The van der Waals surface area contributed by atoms with Crippen molar-refractivity contribution in [3.63, 3.8) is 0 Å². The van der Waals surface area contributed by atoms with Gasteiger partial charge in [-0.3, -0.25) is 19.3 Å². The molecule has 1 aliphatic rings. The first-order valence-corrected chi connectivity index (χ1v) is 6.84. The van der Waals surface area contributed by atoms with Gasteiger partial charge in [0.05, 0.1) is 16.7 Å². The molecule has 0 spiro atoms. The first-order chi connectivity index (χ1) is 9.77. The summed E-state index contributed by atoms with van der Waals surface area (Å²) in [6.45, 7) is 3.62. The molecular formula is C15H19N3O3. The van der Waals surface area contributed by atoms with E-state index in [0.717, 1.165) is 11.3 Å². The number of benzene rings is 1. The minimum atomic E-state index is -0.968. The van der Waals surface area contributed by atoms with Gasteiger partial charge in [-0.05, 0) is 31.5 Å². The third-order valence-corrected chi connectivity index (χ3v) is 3.64. The Kier molecular flexibility index (Phi) is 3.82. The summed E-state index contributed by atoms with van der Waals surface area (Å²) < 4.78 is 0. The van der Waals surface area contributed by atoms with E-state index >= 15 is 0 Å². The van der Waals surface area contributed by atoms with Gasteiger partial charge >= 0.3 is 0 Å². The van der Waals surface area contributed by atoms with Gasteiger partial charge in [-0.2, -0.15) is 0 Å². The summed E-state index contributed by atoms with van der Waals surface area (Å²) in [5.74, 6) is -1.01. The summed E-state index contributed by atoms with van der Waals surface area (Å²) in [6, 6.07) is 4.66. The van der Waals surface area contributed by atoms with E-state index in [1.54, 1.807) is 19.1 Å². The van der Waals surface area contributed by atoms with Crippen molar-refractivity contribution in [3.8, 4) is 0 Å². The lowest BCUT2D eigenvalue weighted by molar-refractivity contribution is -0.120. The van der Waals surface area contributed by atoms with Gasteiger partial charge in [0.15, 0.2) is 0 Å². The molecule has 1 aliphatic heterocycles. The minimum Gasteiger partial charge on any atom is -0.324 e. The van der Waals surface area contributed by atoms with Crippen LogP contribution in [0.3, 0.4) is 0 Å². The van der Waals surface area contributed by atoms with Crippen molar-refractivity contribution in [2.75, 3.05) is 12.4 Å². The van der Waals surface area contributed by atoms with Crippen molar-refractivity contribution in [3.05, 3.63) is 29.3 Å². The Bertz CT molecular complexity index is 623. The van der Waals surface area contributed by atoms with E-state index in [4.69, 9.17) is 5.73 Å². The fourth-order valence-corrected chi connectivity index (χ4v) is 2.35. The van der Waals surface area contributed by atoms with E-state index < -0.39 is 5.54 Å². The summed E-state index contributed by atoms with van der Waals surface area (Å²) in [7, 11) is 1.43. The number of imide groups is 1. The molecule has 3 amide bonds. The van der Waals surface area contributed by atoms with Crippen LogP contribution in [0.4, 0.5) is 5.69 Å². The zero-order valence-corrected chi connectivity index (χ0v) is 12.4. The van der Waals surface area contributed by atoms with Crippen LogP contribution in [0.5, 0.6) is 0 Å². The molecule has 0 saturated heterocycles. The fourth-order valence-electron chi connectivity index (χ4n) is 2.35. The van der Waals surface area contributed by atoms with Crippen LogP contribution in [0.2, 0.25) is 0 Å². The first-order valence-electron chi connectivity index (χ1n) is 6.84. The Hall–Kier alpha value is -2.21. The maximum atomic E-state index is 12.1. The van der Waals surface area contributed by atoms with Crippen molar-refractivity contribution in [2.24, 2.45) is 5.73 Å². The molecule has 1 atom stereocenters. The molecule has 6 nitrogen and oxygen atoms in total. The van der Waals surface area contributed by atoms with E-state index in [0.29, 0.717) is 23.2 Å². The molecule has 3 N–H and O–H groups in total. The third-order valence-electron chi connectivity index (χ3n) is 3.64. The van der Waals surface area contributed by atoms with Gasteiger partial charge in [0.25, 0.3) is 11.8 Å². The summed E-state index contributed by atoms with van der Waals surface area (Å²) in [6.07, 6.45) is 1.35. The number of fused-ring (bicyclic) bond motifs is 1. The Morgan fingerprint density at radius 3 is 2.52 bits per heavy atom. The molecule has 0 saturated carbocycles. The van der Waals surface area contributed by atoms with Crippen LogP contribution < -0.4 is 11.1 Å². The van der Waals surface area contributed by atoms with Gasteiger partial charge in [-0.1, -0.05) is 13.3 Å². The van der Waals surface area contributed by atoms with Crippen molar-refractivity contribution in [2.45, 2.75) is 32.2 Å². The molecule has 0 aromatic heterocycles. The van der Waals surface area contributed by atoms with Crippen LogP contribution in [0.15, 0.2) is 18.2 Å². The van der Waals surface area contributed by atoms with Crippen LogP contribution in [0.25, 0.3) is 0 Å². The van der Waals surface area contributed by atoms with E-state index in [-0.39, 0.29) is 17.7 Å². The highest BCUT2D eigenvalue weighted by molar-refractivity contribution is 6.21. The number of hydrogen-bond donors (Lipinski definition) is 2. The Labute approximate surface area is 123 Å². The van der Waals surface area contributed by atoms with Gasteiger partial charge in [0, 0.05) is 12.7 Å². The number of hydrogen-bond acceptors (Lipinski definition) is 4. The van der Waals surface area contributed by atoms with Gasteiger partial charge in [0.1, 0.15) is 0 Å². The lowest BCUT2D eigenvalue weighted by atomic mass is 9.96. The maximum Gasteiger partial charge on any atom is 0.261 e. The standard InChI is InChI=1S/C15H19N3O3/c1-4-7-15(2,16)14(21)17-9-5-6-10-11(8-9)13(20)18(3)12(10)19/h5-6,8H,4,7,16H2,1-3H3,(H,17,21). The summed E-state index contributed by atoms with van der Waals surface area (Å²) in [5, 5.41) is 2.70. The lowest BCUT2D eigenvalue weighted by Crippen LogP contribution is -2.48. The molecule has 0 bridgehead atoms. The number of anilines is 1. The van der Waals surface area contributed by atoms with E-state index in [9.17, 15) is 14.4 Å². The van der Waals surface area contributed by atoms with Crippen LogP contribution in [0.1, 0.15) is 47.4 Å². The first kappa shape index (κ1) is 15.2. The predicted molar refractivity (Wildman–Crippen MR) is 79.0 cm³/mol. The van der Waals surface area contributed by atoms with Crippen molar-refractivity contribution in [1.82, 2.24) is 4.90 Å². The van der Waals surface area contributed by atoms with Gasteiger partial charge in [-0.15, -0.1) is 0 Å². The van der Waals surface area contributed by atoms with E-state index in [1.165, 1.54) is 13.1 Å². The Morgan fingerprint density at radius 2 is 1.90 bits per heavy atom. The van der Waals surface area contributed by atoms with E-state index in [1.807, 2.05) is 6.92 Å². The third kappa shape index (κ3) is 2.67. The fraction of sp³-hybridized carbons (Fsp3) is 0.400. The Balaban J connectivity index is 2.23. The maximum absolute atomic E-state index is 12.1. The second kappa shape index (κ2) is 5.29. The molecule has 1 aromatic rings. The van der Waals surface area contributed by atoms with Gasteiger partial charge in [0.2, 0.25) is 5.91 Å². The SMILES string of the molecule is CCCC(C)(N)C(=O)Nc1ccc2c(c1)C(=O)N(C)C2=O. The summed E-state index contributed by atoms with van der Waals surface area (Å²) in [5.41, 5.74) is 6.11. The molecular weight excluding hydrogens is 270 g/mol.